The number of anilines is 2. The van der Waals surface area contributed by atoms with Gasteiger partial charge in [-0.3, -0.25) is 9.10 Å². The molecular weight excluding hydrogens is 466 g/mol. The first kappa shape index (κ1) is 22.6. The molecule has 1 amide bonds. The van der Waals surface area contributed by atoms with Crippen LogP contribution in [0.3, 0.4) is 0 Å². The van der Waals surface area contributed by atoms with Gasteiger partial charge in [0, 0.05) is 29.8 Å². The van der Waals surface area contributed by atoms with Gasteiger partial charge < -0.3 is 10.2 Å². The van der Waals surface area contributed by atoms with Crippen LogP contribution in [-0.4, -0.2) is 40.2 Å². The molecule has 0 bridgehead atoms. The van der Waals surface area contributed by atoms with Crippen molar-refractivity contribution in [1.82, 2.24) is 5.32 Å². The molecule has 0 spiro atoms. The fourth-order valence-corrected chi connectivity index (χ4v) is 5.16. The number of sulfonamides is 1. The van der Waals surface area contributed by atoms with Crippen LogP contribution in [0.2, 0.25) is 0 Å². The Hall–Kier alpha value is -2.06. The number of halogens is 1. The van der Waals surface area contributed by atoms with E-state index in [-0.39, 0.29) is 12.5 Å². The molecule has 1 aliphatic rings. The first-order valence-corrected chi connectivity index (χ1v) is 12.7. The number of nitrogens with one attached hydrogen (secondary N) is 1. The maximum Gasteiger partial charge on any atom is 0.241 e. The first-order chi connectivity index (χ1) is 14.2. The Morgan fingerprint density at radius 2 is 1.90 bits per heavy atom. The maximum absolute atomic E-state index is 12.5. The number of rotatable bonds is 7. The fourth-order valence-electron chi connectivity index (χ4n) is 3.67. The van der Waals surface area contributed by atoms with Gasteiger partial charge in [-0.2, -0.15) is 0 Å². The molecule has 0 saturated carbocycles. The highest BCUT2D eigenvalue weighted by Crippen LogP contribution is 2.27. The normalized spacial score (nSPS) is 16.9. The zero-order valence-electron chi connectivity index (χ0n) is 17.3. The average molecular weight is 494 g/mol. The SMILES string of the molecule is CC1CCCN(c2ccc(CNC(=O)CN(c3ccccc3Br)S(C)(=O)=O)cc2)C1. The summed E-state index contributed by atoms with van der Waals surface area (Å²) in [5.74, 6) is 0.352. The van der Waals surface area contributed by atoms with Gasteiger partial charge in [0.2, 0.25) is 15.9 Å². The molecule has 30 heavy (non-hydrogen) atoms. The van der Waals surface area contributed by atoms with E-state index in [4.69, 9.17) is 0 Å². The molecule has 1 aliphatic heterocycles. The van der Waals surface area contributed by atoms with Crippen LogP contribution in [0.25, 0.3) is 0 Å². The maximum atomic E-state index is 12.5. The summed E-state index contributed by atoms with van der Waals surface area (Å²) in [5, 5.41) is 2.82. The van der Waals surface area contributed by atoms with E-state index < -0.39 is 10.0 Å². The van der Waals surface area contributed by atoms with Gasteiger partial charge in [-0.15, -0.1) is 0 Å². The van der Waals surface area contributed by atoms with Crippen molar-refractivity contribution >= 4 is 43.2 Å². The number of amides is 1. The summed E-state index contributed by atoms with van der Waals surface area (Å²) in [5.41, 5.74) is 2.62. The second kappa shape index (κ2) is 9.83. The van der Waals surface area contributed by atoms with Crippen molar-refractivity contribution in [3.63, 3.8) is 0 Å². The summed E-state index contributed by atoms with van der Waals surface area (Å²) in [7, 11) is -3.60. The summed E-state index contributed by atoms with van der Waals surface area (Å²) in [6.07, 6.45) is 3.60. The smallest absolute Gasteiger partial charge is 0.241 e. The molecule has 3 rings (SSSR count). The molecule has 1 fully saturated rings. The van der Waals surface area contributed by atoms with Gasteiger partial charge in [0.05, 0.1) is 11.9 Å². The Bertz CT molecular complexity index is 979. The van der Waals surface area contributed by atoms with E-state index in [0.717, 1.165) is 29.2 Å². The first-order valence-electron chi connectivity index (χ1n) is 10.1. The Morgan fingerprint density at radius 3 is 2.53 bits per heavy atom. The predicted molar refractivity (Wildman–Crippen MR) is 125 cm³/mol. The molecule has 1 saturated heterocycles. The minimum absolute atomic E-state index is 0.273. The molecule has 1 heterocycles. The van der Waals surface area contributed by atoms with Gasteiger partial charge in [0.25, 0.3) is 0 Å². The molecule has 1 N–H and O–H groups in total. The number of benzene rings is 2. The number of carbonyl (C=O) groups excluding carboxylic acids is 1. The number of carbonyl (C=O) groups is 1. The highest BCUT2D eigenvalue weighted by molar-refractivity contribution is 9.10. The molecule has 1 unspecified atom stereocenters. The number of para-hydroxylation sites is 1. The van der Waals surface area contributed by atoms with Gasteiger partial charge in [-0.1, -0.05) is 31.2 Å². The van der Waals surface area contributed by atoms with Crippen molar-refractivity contribution < 1.29 is 13.2 Å². The Kier molecular flexibility index (Phi) is 7.41. The molecule has 0 aromatic heterocycles. The molecule has 6 nitrogen and oxygen atoms in total. The van der Waals surface area contributed by atoms with Gasteiger partial charge >= 0.3 is 0 Å². The Morgan fingerprint density at radius 1 is 1.20 bits per heavy atom. The number of hydrogen-bond acceptors (Lipinski definition) is 4. The topological polar surface area (TPSA) is 69.7 Å². The monoisotopic (exact) mass is 493 g/mol. The Balaban J connectivity index is 1.60. The van der Waals surface area contributed by atoms with Crippen LogP contribution >= 0.6 is 15.9 Å². The molecule has 8 heteroatoms. The van der Waals surface area contributed by atoms with E-state index in [1.807, 2.05) is 12.1 Å². The zero-order chi connectivity index (χ0) is 21.7. The lowest BCUT2D eigenvalue weighted by Crippen LogP contribution is -2.40. The summed E-state index contributed by atoms with van der Waals surface area (Å²) in [6, 6.07) is 15.1. The number of nitrogens with zero attached hydrogens (tertiary/aromatic N) is 2. The molecule has 1 atom stereocenters. The quantitative estimate of drug-likeness (QED) is 0.637. The fraction of sp³-hybridized carbons (Fsp3) is 0.409. The summed E-state index contributed by atoms with van der Waals surface area (Å²) in [6.45, 7) is 4.52. The third-order valence-corrected chi connectivity index (χ3v) is 7.05. The molecule has 2 aromatic rings. The van der Waals surface area contributed by atoms with Crippen LogP contribution in [-0.2, 0) is 21.4 Å². The summed E-state index contributed by atoms with van der Waals surface area (Å²) >= 11 is 3.36. The lowest BCUT2D eigenvalue weighted by molar-refractivity contribution is -0.119. The van der Waals surface area contributed by atoms with E-state index in [9.17, 15) is 13.2 Å². The van der Waals surface area contributed by atoms with Crippen molar-refractivity contribution in [2.24, 2.45) is 5.92 Å². The minimum atomic E-state index is -3.60. The number of piperidine rings is 1. The molecule has 0 aliphatic carbocycles. The third-order valence-electron chi connectivity index (χ3n) is 5.26. The van der Waals surface area contributed by atoms with Gasteiger partial charge in [0.15, 0.2) is 0 Å². The molecular formula is C22H28BrN3O3S. The van der Waals surface area contributed by atoms with E-state index in [1.54, 1.807) is 24.3 Å². The average Bonchev–Trinajstić information content (AvgIpc) is 2.71. The standard InChI is InChI=1S/C22H28BrN3O3S/c1-17-6-5-13-25(15-17)19-11-9-18(10-12-19)14-24-22(27)16-26(30(2,28)29)21-8-4-3-7-20(21)23/h3-4,7-12,17H,5-6,13-16H2,1-2H3,(H,24,27). The van der Waals surface area contributed by atoms with E-state index in [0.29, 0.717) is 22.6 Å². The van der Waals surface area contributed by atoms with E-state index in [1.165, 1.54) is 18.5 Å². The molecule has 2 aromatic carbocycles. The summed E-state index contributed by atoms with van der Waals surface area (Å²) in [4.78, 5) is 14.9. The lowest BCUT2D eigenvalue weighted by Gasteiger charge is -2.32. The lowest BCUT2D eigenvalue weighted by atomic mass is 9.99. The zero-order valence-corrected chi connectivity index (χ0v) is 19.7. The van der Waals surface area contributed by atoms with Crippen LogP contribution in [0.4, 0.5) is 11.4 Å². The second-order valence-electron chi connectivity index (χ2n) is 7.86. The highest BCUT2D eigenvalue weighted by Gasteiger charge is 2.22. The highest BCUT2D eigenvalue weighted by atomic mass is 79.9. The van der Waals surface area contributed by atoms with Crippen molar-refractivity contribution in [1.29, 1.82) is 0 Å². The number of hydrogen-bond donors (Lipinski definition) is 1. The van der Waals surface area contributed by atoms with Crippen LogP contribution in [0.5, 0.6) is 0 Å². The van der Waals surface area contributed by atoms with Crippen molar-refractivity contribution in [3.05, 3.63) is 58.6 Å². The van der Waals surface area contributed by atoms with Crippen molar-refractivity contribution in [2.45, 2.75) is 26.3 Å². The Labute approximate surface area is 187 Å². The van der Waals surface area contributed by atoms with Crippen molar-refractivity contribution in [2.75, 3.05) is 35.1 Å². The third kappa shape index (κ3) is 5.98. The largest absolute Gasteiger partial charge is 0.371 e. The van der Waals surface area contributed by atoms with Gasteiger partial charge in [-0.25, -0.2) is 8.42 Å². The van der Waals surface area contributed by atoms with Crippen LogP contribution in [0.1, 0.15) is 25.3 Å². The van der Waals surface area contributed by atoms with Gasteiger partial charge in [0.1, 0.15) is 6.54 Å². The second-order valence-corrected chi connectivity index (χ2v) is 10.6. The minimum Gasteiger partial charge on any atom is -0.371 e. The van der Waals surface area contributed by atoms with Crippen LogP contribution in [0.15, 0.2) is 53.0 Å². The predicted octanol–water partition coefficient (Wildman–Crippen LogP) is 3.77. The molecule has 0 radical (unpaired) electrons. The van der Waals surface area contributed by atoms with Crippen molar-refractivity contribution in [3.8, 4) is 0 Å². The summed E-state index contributed by atoms with van der Waals surface area (Å²) < 4.78 is 26.2. The van der Waals surface area contributed by atoms with Crippen LogP contribution in [0, 0.1) is 5.92 Å². The van der Waals surface area contributed by atoms with Gasteiger partial charge in [-0.05, 0) is 64.5 Å². The van der Waals surface area contributed by atoms with E-state index >= 15 is 0 Å². The van der Waals surface area contributed by atoms with E-state index in [2.05, 4.69) is 45.2 Å². The molecule has 162 valence electrons. The van der Waals surface area contributed by atoms with Crippen LogP contribution < -0.4 is 14.5 Å².